The van der Waals surface area contributed by atoms with Gasteiger partial charge >= 0.3 is 0 Å². The highest BCUT2D eigenvalue weighted by molar-refractivity contribution is 5.30. The van der Waals surface area contributed by atoms with E-state index >= 15 is 0 Å². The molecule has 3 fully saturated rings. The molecule has 0 radical (unpaired) electrons. The van der Waals surface area contributed by atoms with Gasteiger partial charge in [0.05, 0.1) is 0 Å². The average molecular weight is 313 g/mol. The van der Waals surface area contributed by atoms with Gasteiger partial charge in [0.1, 0.15) is 0 Å². The van der Waals surface area contributed by atoms with Crippen molar-refractivity contribution in [3.63, 3.8) is 0 Å². The van der Waals surface area contributed by atoms with E-state index in [9.17, 15) is 0 Å². The first-order valence-electron chi connectivity index (χ1n) is 10.4. The molecule has 0 nitrogen and oxygen atoms in total. The number of rotatable bonds is 2. The van der Waals surface area contributed by atoms with E-state index < -0.39 is 0 Å². The molecule has 0 N–H and O–H groups in total. The molecule has 0 heteroatoms. The Balaban J connectivity index is 1.69. The van der Waals surface area contributed by atoms with E-state index in [0.717, 1.165) is 29.6 Å². The first-order chi connectivity index (χ1) is 11.0. The van der Waals surface area contributed by atoms with Crippen LogP contribution in [0, 0.1) is 40.4 Å². The van der Waals surface area contributed by atoms with Crippen molar-refractivity contribution in [2.45, 2.75) is 78.6 Å². The second-order valence-electron chi connectivity index (χ2n) is 9.66. The first kappa shape index (κ1) is 16.0. The van der Waals surface area contributed by atoms with Crippen molar-refractivity contribution >= 4 is 0 Å². The zero-order chi connectivity index (χ0) is 16.2. The summed E-state index contributed by atoms with van der Waals surface area (Å²) in [4.78, 5) is 0. The summed E-state index contributed by atoms with van der Waals surface area (Å²) in [5.74, 6) is 4.71. The molecule has 7 atom stereocenters. The van der Waals surface area contributed by atoms with Gasteiger partial charge in [-0.25, -0.2) is 0 Å². The van der Waals surface area contributed by atoms with Crippen molar-refractivity contribution in [1.82, 2.24) is 0 Å². The Labute approximate surface area is 143 Å². The first-order valence-corrected chi connectivity index (χ1v) is 10.4. The Morgan fingerprint density at radius 1 is 1.17 bits per heavy atom. The smallest absolute Gasteiger partial charge is 0.0119 e. The van der Waals surface area contributed by atoms with Crippen LogP contribution in [-0.4, -0.2) is 0 Å². The van der Waals surface area contributed by atoms with Crippen LogP contribution in [-0.2, 0) is 0 Å². The Kier molecular flexibility index (Phi) is 3.82. The van der Waals surface area contributed by atoms with Gasteiger partial charge in [0.25, 0.3) is 0 Å². The van der Waals surface area contributed by atoms with Crippen LogP contribution in [0.3, 0.4) is 0 Å². The molecule has 0 aromatic carbocycles. The number of hydrogen-bond donors (Lipinski definition) is 0. The largest absolute Gasteiger partial charge is 0.102 e. The van der Waals surface area contributed by atoms with Crippen molar-refractivity contribution in [1.29, 1.82) is 0 Å². The summed E-state index contributed by atoms with van der Waals surface area (Å²) in [6, 6.07) is 0. The molecule has 23 heavy (non-hydrogen) atoms. The summed E-state index contributed by atoms with van der Waals surface area (Å²) in [5.41, 5.74) is 2.80. The highest BCUT2D eigenvalue weighted by Crippen LogP contribution is 2.67. The molecular weight excluding hydrogens is 276 g/mol. The predicted octanol–water partition coefficient (Wildman–Crippen LogP) is 6.78. The fourth-order valence-electron chi connectivity index (χ4n) is 7.71. The van der Waals surface area contributed by atoms with Crippen molar-refractivity contribution in [3.8, 4) is 0 Å². The van der Waals surface area contributed by atoms with Crippen LogP contribution in [0.5, 0.6) is 0 Å². The number of allylic oxidation sites excluding steroid dienone is 3. The van der Waals surface area contributed by atoms with E-state index in [0.29, 0.717) is 10.8 Å². The topological polar surface area (TPSA) is 0 Å². The molecule has 4 aliphatic carbocycles. The minimum Gasteiger partial charge on any atom is -0.102 e. The minimum atomic E-state index is 0.376. The molecule has 4 aliphatic rings. The second-order valence-corrected chi connectivity index (χ2v) is 9.66. The molecule has 128 valence electrons. The summed E-state index contributed by atoms with van der Waals surface area (Å²) in [7, 11) is 0. The zero-order valence-corrected chi connectivity index (χ0v) is 15.6. The van der Waals surface area contributed by atoms with E-state index in [4.69, 9.17) is 0 Å². The van der Waals surface area contributed by atoms with Crippen LogP contribution < -0.4 is 0 Å². The second kappa shape index (κ2) is 5.50. The Hall–Kier alpha value is -0.520. The van der Waals surface area contributed by atoms with Gasteiger partial charge < -0.3 is 0 Å². The fraction of sp³-hybridized carbons (Fsp3) is 0.826. The summed E-state index contributed by atoms with van der Waals surface area (Å²) in [6.45, 7) is 11.9. The quantitative estimate of drug-likeness (QED) is 0.493. The van der Waals surface area contributed by atoms with Crippen LogP contribution in [0.1, 0.15) is 78.6 Å². The van der Waals surface area contributed by atoms with E-state index in [-0.39, 0.29) is 0 Å². The number of hydrogen-bond acceptors (Lipinski definition) is 0. The van der Waals surface area contributed by atoms with Crippen molar-refractivity contribution in [2.24, 2.45) is 40.4 Å². The molecule has 0 spiro atoms. The van der Waals surface area contributed by atoms with Crippen LogP contribution in [0.15, 0.2) is 24.3 Å². The lowest BCUT2D eigenvalue weighted by Crippen LogP contribution is -2.50. The van der Waals surface area contributed by atoms with Crippen molar-refractivity contribution in [3.05, 3.63) is 24.3 Å². The lowest BCUT2D eigenvalue weighted by atomic mass is 9.46. The van der Waals surface area contributed by atoms with E-state index in [1.54, 1.807) is 5.57 Å². The molecule has 4 rings (SSSR count). The maximum Gasteiger partial charge on any atom is 0.0119 e. The molecule has 3 saturated carbocycles. The van der Waals surface area contributed by atoms with Crippen LogP contribution in [0.2, 0.25) is 0 Å². The van der Waals surface area contributed by atoms with Gasteiger partial charge in [-0.2, -0.15) is 0 Å². The van der Waals surface area contributed by atoms with E-state index in [1.807, 2.05) is 0 Å². The van der Waals surface area contributed by atoms with Gasteiger partial charge in [-0.1, -0.05) is 44.9 Å². The maximum absolute atomic E-state index is 4.37. The molecule has 0 saturated heterocycles. The summed E-state index contributed by atoms with van der Waals surface area (Å²) in [6.07, 6.45) is 17.9. The normalized spacial score (nSPS) is 52.1. The molecule has 0 aromatic heterocycles. The Bertz CT molecular complexity index is 514. The lowest BCUT2D eigenvalue weighted by molar-refractivity contribution is -0.0346. The molecular formula is C23H36. The monoisotopic (exact) mass is 312 g/mol. The molecule has 0 aliphatic heterocycles. The Morgan fingerprint density at radius 3 is 2.74 bits per heavy atom. The van der Waals surface area contributed by atoms with Crippen LogP contribution in [0.25, 0.3) is 0 Å². The Morgan fingerprint density at radius 2 is 2.00 bits per heavy atom. The van der Waals surface area contributed by atoms with Gasteiger partial charge in [0.2, 0.25) is 0 Å². The standard InChI is InChI=1S/C23H36/c1-5-17-8-10-20-19-9-7-18-15-16(3)11-14-23(18,6-2)21(19)12-13-22(17,20)4/h6-7,16-17,19-21H,2,5,8-15H2,1,3-4H3. The van der Waals surface area contributed by atoms with Gasteiger partial charge in [0, 0.05) is 5.41 Å². The van der Waals surface area contributed by atoms with E-state index in [1.165, 1.54) is 57.8 Å². The van der Waals surface area contributed by atoms with Gasteiger partial charge in [0.15, 0.2) is 0 Å². The van der Waals surface area contributed by atoms with Gasteiger partial charge in [-0.3, -0.25) is 0 Å². The molecule has 0 aromatic rings. The number of fused-ring (bicyclic) bond motifs is 5. The minimum absolute atomic E-state index is 0.376. The van der Waals surface area contributed by atoms with Crippen molar-refractivity contribution < 1.29 is 0 Å². The maximum atomic E-state index is 4.37. The predicted molar refractivity (Wildman–Crippen MR) is 99.2 cm³/mol. The highest BCUT2D eigenvalue weighted by atomic mass is 14.6. The molecule has 0 bridgehead atoms. The molecule has 0 amide bonds. The van der Waals surface area contributed by atoms with Crippen LogP contribution in [0.4, 0.5) is 0 Å². The molecule has 0 heterocycles. The third-order valence-electron chi connectivity index (χ3n) is 9.01. The summed E-state index contributed by atoms with van der Waals surface area (Å²) >= 11 is 0. The average Bonchev–Trinajstić information content (AvgIpc) is 2.90. The summed E-state index contributed by atoms with van der Waals surface area (Å²) in [5, 5.41) is 0. The van der Waals surface area contributed by atoms with Crippen molar-refractivity contribution in [2.75, 3.05) is 0 Å². The zero-order valence-electron chi connectivity index (χ0n) is 15.6. The van der Waals surface area contributed by atoms with Crippen LogP contribution >= 0.6 is 0 Å². The highest BCUT2D eigenvalue weighted by Gasteiger charge is 2.58. The molecule has 7 unspecified atom stereocenters. The summed E-state index contributed by atoms with van der Waals surface area (Å²) < 4.78 is 0. The van der Waals surface area contributed by atoms with Gasteiger partial charge in [-0.15, -0.1) is 6.58 Å². The fourth-order valence-corrected chi connectivity index (χ4v) is 7.71. The third kappa shape index (κ3) is 2.09. The van der Waals surface area contributed by atoms with E-state index in [2.05, 4.69) is 39.5 Å². The third-order valence-corrected chi connectivity index (χ3v) is 9.01. The van der Waals surface area contributed by atoms with Gasteiger partial charge in [-0.05, 0) is 86.4 Å². The SMILES string of the molecule is C=CC12CCC(C)CC1=CCC1C2CCC2(C)C(CC)CCC12. The lowest BCUT2D eigenvalue weighted by Gasteiger charge is -2.58.